The summed E-state index contributed by atoms with van der Waals surface area (Å²) in [7, 11) is 0. The molecule has 98 valence electrons. The van der Waals surface area contributed by atoms with E-state index in [1.54, 1.807) is 11.8 Å². The van der Waals surface area contributed by atoms with Crippen LogP contribution in [0.25, 0.3) is 0 Å². The molecule has 0 saturated carbocycles. The fraction of sp³-hybridized carbons (Fsp3) is 0.538. The molecule has 0 aromatic carbocycles. The predicted octanol–water partition coefficient (Wildman–Crippen LogP) is 2.16. The van der Waals surface area contributed by atoms with Gasteiger partial charge in [-0.2, -0.15) is 0 Å². The molecule has 0 bridgehead atoms. The first-order valence-electron chi connectivity index (χ1n) is 6.21. The van der Waals surface area contributed by atoms with E-state index in [0.29, 0.717) is 18.7 Å². The third kappa shape index (κ3) is 2.12. The fourth-order valence-electron chi connectivity index (χ4n) is 2.35. The summed E-state index contributed by atoms with van der Waals surface area (Å²) >= 11 is 0. The van der Waals surface area contributed by atoms with Gasteiger partial charge in [0, 0.05) is 25.1 Å². The van der Waals surface area contributed by atoms with E-state index in [9.17, 15) is 9.59 Å². The maximum absolute atomic E-state index is 12.2. The second kappa shape index (κ2) is 4.84. The number of carboxylic acids is 1. The number of rotatable bonds is 3. The largest absolute Gasteiger partial charge is 0.478 e. The van der Waals surface area contributed by atoms with E-state index in [1.165, 1.54) is 6.07 Å². The van der Waals surface area contributed by atoms with Gasteiger partial charge in [-0.15, -0.1) is 0 Å². The molecule has 1 N–H and O–H groups in total. The van der Waals surface area contributed by atoms with Crippen LogP contribution in [0, 0.1) is 0 Å². The Balaban J connectivity index is 2.28. The summed E-state index contributed by atoms with van der Waals surface area (Å²) in [6.45, 7) is 4.51. The number of carbonyl (C=O) groups is 2. The molecule has 0 aliphatic carbocycles. The van der Waals surface area contributed by atoms with Gasteiger partial charge in [-0.05, 0) is 19.8 Å². The van der Waals surface area contributed by atoms with Crippen LogP contribution in [0.4, 0.5) is 0 Å². The molecule has 0 spiro atoms. The highest BCUT2D eigenvalue weighted by Gasteiger charge is 2.29. The van der Waals surface area contributed by atoms with Crippen LogP contribution in [-0.2, 0) is 6.42 Å². The Kier molecular flexibility index (Phi) is 3.41. The van der Waals surface area contributed by atoms with E-state index < -0.39 is 5.97 Å². The van der Waals surface area contributed by atoms with E-state index in [2.05, 4.69) is 0 Å². The maximum atomic E-state index is 12.2. The lowest BCUT2D eigenvalue weighted by atomic mass is 10.2. The number of nitrogens with zero attached hydrogens (tertiary/aromatic N) is 1. The van der Waals surface area contributed by atoms with Crippen molar-refractivity contribution < 1.29 is 19.1 Å². The lowest BCUT2D eigenvalue weighted by Crippen LogP contribution is -2.33. The zero-order valence-electron chi connectivity index (χ0n) is 10.6. The number of aromatic carboxylic acids is 1. The molecule has 0 radical (unpaired) electrons. The third-order valence-corrected chi connectivity index (χ3v) is 3.39. The molecule has 1 aromatic rings. The second-order valence-electron chi connectivity index (χ2n) is 4.60. The number of likely N-dealkylation sites (tertiary alicyclic amines) is 1. The van der Waals surface area contributed by atoms with Crippen molar-refractivity contribution in [2.75, 3.05) is 6.54 Å². The minimum Gasteiger partial charge on any atom is -0.478 e. The summed E-state index contributed by atoms with van der Waals surface area (Å²) < 4.78 is 5.38. The van der Waals surface area contributed by atoms with Crippen molar-refractivity contribution >= 4 is 11.9 Å². The SMILES string of the molecule is CCc1oc(C(=O)N2CCCC2C)cc1C(=O)O. The highest BCUT2D eigenvalue weighted by molar-refractivity contribution is 5.96. The smallest absolute Gasteiger partial charge is 0.339 e. The van der Waals surface area contributed by atoms with Gasteiger partial charge in [0.1, 0.15) is 11.3 Å². The monoisotopic (exact) mass is 251 g/mol. The normalized spacial score (nSPS) is 19.2. The first-order valence-corrected chi connectivity index (χ1v) is 6.21. The lowest BCUT2D eigenvalue weighted by molar-refractivity contribution is 0.0689. The van der Waals surface area contributed by atoms with Gasteiger partial charge in [0.25, 0.3) is 5.91 Å². The number of carboxylic acid groups (broad SMARTS) is 1. The average molecular weight is 251 g/mol. The van der Waals surface area contributed by atoms with Crippen molar-refractivity contribution in [3.05, 3.63) is 23.2 Å². The van der Waals surface area contributed by atoms with Crippen LogP contribution < -0.4 is 0 Å². The average Bonchev–Trinajstić information content (AvgIpc) is 2.93. The van der Waals surface area contributed by atoms with E-state index in [0.717, 1.165) is 12.8 Å². The molecular weight excluding hydrogens is 234 g/mol. The Morgan fingerprint density at radius 3 is 2.72 bits per heavy atom. The number of hydrogen-bond acceptors (Lipinski definition) is 3. The van der Waals surface area contributed by atoms with Gasteiger partial charge < -0.3 is 14.4 Å². The summed E-state index contributed by atoms with van der Waals surface area (Å²) in [5.74, 6) is -0.762. The van der Waals surface area contributed by atoms with Crippen molar-refractivity contribution in [3.8, 4) is 0 Å². The molecule has 18 heavy (non-hydrogen) atoms. The van der Waals surface area contributed by atoms with E-state index in [-0.39, 0.29) is 23.3 Å². The highest BCUT2D eigenvalue weighted by Crippen LogP contribution is 2.23. The Labute approximate surface area is 105 Å². The molecule has 1 aliphatic rings. The van der Waals surface area contributed by atoms with Crippen LogP contribution in [0.1, 0.15) is 53.4 Å². The second-order valence-corrected chi connectivity index (χ2v) is 4.60. The fourth-order valence-corrected chi connectivity index (χ4v) is 2.35. The molecule has 5 heteroatoms. The van der Waals surface area contributed by atoms with Crippen LogP contribution in [0.15, 0.2) is 10.5 Å². The van der Waals surface area contributed by atoms with E-state index in [4.69, 9.17) is 9.52 Å². The quantitative estimate of drug-likeness (QED) is 0.893. The summed E-state index contributed by atoms with van der Waals surface area (Å²) in [5, 5.41) is 9.02. The van der Waals surface area contributed by atoms with Gasteiger partial charge >= 0.3 is 5.97 Å². The first kappa shape index (κ1) is 12.7. The molecule has 1 aliphatic heterocycles. The van der Waals surface area contributed by atoms with Crippen LogP contribution in [0.5, 0.6) is 0 Å². The summed E-state index contributed by atoms with van der Waals surface area (Å²) in [5.41, 5.74) is 0.0905. The summed E-state index contributed by atoms with van der Waals surface area (Å²) in [4.78, 5) is 25.0. The number of hydrogen-bond donors (Lipinski definition) is 1. The van der Waals surface area contributed by atoms with Gasteiger partial charge in [-0.1, -0.05) is 6.92 Å². The molecule has 2 rings (SSSR count). The van der Waals surface area contributed by atoms with Crippen LogP contribution in [0.2, 0.25) is 0 Å². The third-order valence-electron chi connectivity index (χ3n) is 3.39. The number of furan rings is 1. The van der Waals surface area contributed by atoms with Crippen molar-refractivity contribution in [2.24, 2.45) is 0 Å². The lowest BCUT2D eigenvalue weighted by Gasteiger charge is -2.19. The predicted molar refractivity (Wildman–Crippen MR) is 64.8 cm³/mol. The van der Waals surface area contributed by atoms with Gasteiger partial charge in [-0.25, -0.2) is 4.79 Å². The van der Waals surface area contributed by atoms with E-state index >= 15 is 0 Å². The maximum Gasteiger partial charge on any atom is 0.339 e. The number of carbonyl (C=O) groups excluding carboxylic acids is 1. The highest BCUT2D eigenvalue weighted by atomic mass is 16.4. The zero-order chi connectivity index (χ0) is 13.3. The molecule has 1 unspecified atom stereocenters. The van der Waals surface area contributed by atoms with Crippen LogP contribution in [-0.4, -0.2) is 34.5 Å². The van der Waals surface area contributed by atoms with Gasteiger partial charge in [0.2, 0.25) is 0 Å². The minimum atomic E-state index is -1.05. The Hall–Kier alpha value is -1.78. The van der Waals surface area contributed by atoms with Crippen molar-refractivity contribution in [3.63, 3.8) is 0 Å². The molecule has 1 fully saturated rings. The Bertz CT molecular complexity index is 477. The van der Waals surface area contributed by atoms with Gasteiger partial charge in [0.15, 0.2) is 5.76 Å². The number of amides is 1. The Morgan fingerprint density at radius 1 is 1.56 bits per heavy atom. The van der Waals surface area contributed by atoms with Crippen LogP contribution in [0.3, 0.4) is 0 Å². The molecule has 5 nitrogen and oxygen atoms in total. The number of aryl methyl sites for hydroxylation is 1. The molecule has 1 amide bonds. The minimum absolute atomic E-state index is 0.0905. The topological polar surface area (TPSA) is 70.8 Å². The Morgan fingerprint density at radius 2 is 2.28 bits per heavy atom. The summed E-state index contributed by atoms with van der Waals surface area (Å²) in [6, 6.07) is 1.54. The van der Waals surface area contributed by atoms with Crippen molar-refractivity contribution in [1.82, 2.24) is 4.90 Å². The summed E-state index contributed by atoms with van der Waals surface area (Å²) in [6.07, 6.45) is 2.43. The van der Waals surface area contributed by atoms with Gasteiger partial charge in [-0.3, -0.25) is 4.79 Å². The van der Waals surface area contributed by atoms with Crippen molar-refractivity contribution in [2.45, 2.75) is 39.2 Å². The molecule has 1 atom stereocenters. The molecular formula is C13H17NO4. The molecule has 2 heterocycles. The van der Waals surface area contributed by atoms with Crippen LogP contribution >= 0.6 is 0 Å². The molecule has 1 saturated heterocycles. The van der Waals surface area contributed by atoms with Crippen molar-refractivity contribution in [1.29, 1.82) is 0 Å². The zero-order valence-corrected chi connectivity index (χ0v) is 10.6. The molecule has 1 aromatic heterocycles. The first-order chi connectivity index (χ1) is 8.54. The van der Waals surface area contributed by atoms with E-state index in [1.807, 2.05) is 6.92 Å². The standard InChI is InChI=1S/C13H17NO4/c1-3-10-9(13(16)17)7-11(18-10)12(15)14-6-4-5-8(14)2/h7-8H,3-6H2,1-2H3,(H,16,17). The van der Waals surface area contributed by atoms with Gasteiger partial charge in [0.05, 0.1) is 0 Å².